The van der Waals surface area contributed by atoms with Crippen molar-refractivity contribution in [2.75, 3.05) is 10.6 Å². The molecule has 0 aliphatic rings. The summed E-state index contributed by atoms with van der Waals surface area (Å²) in [4.78, 5) is 12.4. The normalized spacial score (nSPS) is 10.0. The molecule has 5 heteroatoms. The summed E-state index contributed by atoms with van der Waals surface area (Å²) in [5.74, 6) is -0.126. The van der Waals surface area contributed by atoms with Crippen LogP contribution in [0.3, 0.4) is 0 Å². The maximum atomic E-state index is 12.4. The van der Waals surface area contributed by atoms with E-state index in [1.807, 2.05) is 72.8 Å². The van der Waals surface area contributed by atoms with E-state index in [-0.39, 0.29) is 5.91 Å². The Morgan fingerprint density at radius 2 is 1.38 bits per heavy atom. The molecule has 4 nitrogen and oxygen atoms in total. The number of anilines is 2. The minimum atomic E-state index is -0.126. The van der Waals surface area contributed by atoms with Crippen LogP contribution in [-0.4, -0.2) is 11.0 Å². The summed E-state index contributed by atoms with van der Waals surface area (Å²) in [6, 6.07) is 26.7. The zero-order valence-electron chi connectivity index (χ0n) is 14.1. The average Bonchev–Trinajstić information content (AvgIpc) is 2.68. The standard InChI is InChI=1S/C21H19N3OS/c25-20(22-15-16-8-3-1-4-9-16)17-10-7-13-19(14-17)24-21(26)23-18-11-5-2-6-12-18/h1-14H,15H2,(H,22,25)(H2,23,24,26). The number of para-hydroxylation sites is 1. The second-order valence-electron chi connectivity index (χ2n) is 5.69. The van der Waals surface area contributed by atoms with Gasteiger partial charge in [0.05, 0.1) is 0 Å². The van der Waals surface area contributed by atoms with Crippen LogP contribution in [0.1, 0.15) is 15.9 Å². The van der Waals surface area contributed by atoms with Crippen LogP contribution in [0, 0.1) is 0 Å². The zero-order valence-corrected chi connectivity index (χ0v) is 14.9. The quantitative estimate of drug-likeness (QED) is 0.589. The molecule has 0 aliphatic heterocycles. The van der Waals surface area contributed by atoms with Gasteiger partial charge in [0.15, 0.2) is 5.11 Å². The smallest absolute Gasteiger partial charge is 0.251 e. The van der Waals surface area contributed by atoms with Crippen molar-refractivity contribution in [3.8, 4) is 0 Å². The molecule has 0 unspecified atom stereocenters. The van der Waals surface area contributed by atoms with E-state index in [0.29, 0.717) is 17.2 Å². The third kappa shape index (κ3) is 5.16. The first-order chi connectivity index (χ1) is 12.7. The van der Waals surface area contributed by atoms with Crippen LogP contribution in [0.25, 0.3) is 0 Å². The maximum Gasteiger partial charge on any atom is 0.251 e. The molecule has 0 heterocycles. The Bertz CT molecular complexity index is 882. The topological polar surface area (TPSA) is 53.2 Å². The first-order valence-electron chi connectivity index (χ1n) is 8.26. The number of carbonyl (C=O) groups excluding carboxylic acids is 1. The van der Waals surface area contributed by atoms with Crippen molar-refractivity contribution < 1.29 is 4.79 Å². The van der Waals surface area contributed by atoms with E-state index < -0.39 is 0 Å². The minimum absolute atomic E-state index is 0.126. The van der Waals surface area contributed by atoms with Crippen molar-refractivity contribution in [2.24, 2.45) is 0 Å². The second kappa shape index (κ2) is 8.78. The molecular formula is C21H19N3OS. The number of hydrogen-bond acceptors (Lipinski definition) is 2. The molecule has 0 fully saturated rings. The van der Waals surface area contributed by atoms with Gasteiger partial charge in [-0.1, -0.05) is 54.6 Å². The van der Waals surface area contributed by atoms with Crippen molar-refractivity contribution in [1.82, 2.24) is 5.32 Å². The molecule has 0 saturated heterocycles. The van der Waals surface area contributed by atoms with Gasteiger partial charge in [0.2, 0.25) is 0 Å². The SMILES string of the molecule is O=C(NCc1ccccc1)c1cccc(NC(=S)Nc2ccccc2)c1. The molecule has 3 aromatic carbocycles. The average molecular weight is 361 g/mol. The molecule has 0 spiro atoms. The summed E-state index contributed by atoms with van der Waals surface area (Å²) in [5, 5.41) is 9.60. The Morgan fingerprint density at radius 3 is 2.12 bits per heavy atom. The van der Waals surface area contributed by atoms with Crippen LogP contribution in [0.5, 0.6) is 0 Å². The van der Waals surface area contributed by atoms with Gasteiger partial charge in [-0.3, -0.25) is 4.79 Å². The van der Waals surface area contributed by atoms with E-state index in [0.717, 1.165) is 16.9 Å². The molecule has 0 aromatic heterocycles. The molecule has 1 amide bonds. The van der Waals surface area contributed by atoms with Crippen LogP contribution in [-0.2, 0) is 6.54 Å². The van der Waals surface area contributed by atoms with Gasteiger partial charge in [-0.25, -0.2) is 0 Å². The minimum Gasteiger partial charge on any atom is -0.348 e. The van der Waals surface area contributed by atoms with Gasteiger partial charge in [0.1, 0.15) is 0 Å². The molecule has 0 atom stereocenters. The third-order valence-electron chi connectivity index (χ3n) is 3.71. The number of rotatable bonds is 5. The first kappa shape index (κ1) is 17.6. The van der Waals surface area contributed by atoms with Crippen LogP contribution in [0.15, 0.2) is 84.9 Å². The monoisotopic (exact) mass is 361 g/mol. The Kier molecular flexibility index (Phi) is 5.96. The van der Waals surface area contributed by atoms with E-state index in [9.17, 15) is 4.79 Å². The third-order valence-corrected chi connectivity index (χ3v) is 3.91. The van der Waals surface area contributed by atoms with Crippen molar-refractivity contribution in [3.63, 3.8) is 0 Å². The van der Waals surface area contributed by atoms with Crippen molar-refractivity contribution >= 4 is 34.6 Å². The van der Waals surface area contributed by atoms with E-state index in [1.54, 1.807) is 12.1 Å². The summed E-state index contributed by atoms with van der Waals surface area (Å²) in [5.41, 5.74) is 3.30. The van der Waals surface area contributed by atoms with Gasteiger partial charge in [0.25, 0.3) is 5.91 Å². The number of amides is 1. The largest absolute Gasteiger partial charge is 0.348 e. The molecule has 0 saturated carbocycles. The van der Waals surface area contributed by atoms with Crippen LogP contribution in [0.4, 0.5) is 11.4 Å². The van der Waals surface area contributed by atoms with Crippen molar-refractivity contribution in [1.29, 1.82) is 0 Å². The summed E-state index contributed by atoms with van der Waals surface area (Å²) in [7, 11) is 0. The molecule has 26 heavy (non-hydrogen) atoms. The highest BCUT2D eigenvalue weighted by molar-refractivity contribution is 7.80. The van der Waals surface area contributed by atoms with Gasteiger partial charge in [-0.2, -0.15) is 0 Å². The first-order valence-corrected chi connectivity index (χ1v) is 8.67. The summed E-state index contributed by atoms with van der Waals surface area (Å²) in [6.45, 7) is 0.491. The molecule has 0 radical (unpaired) electrons. The predicted molar refractivity (Wildman–Crippen MR) is 110 cm³/mol. The van der Waals surface area contributed by atoms with Gasteiger partial charge in [-0.05, 0) is 48.1 Å². The van der Waals surface area contributed by atoms with E-state index in [1.165, 1.54) is 0 Å². The summed E-state index contributed by atoms with van der Waals surface area (Å²) >= 11 is 5.32. The predicted octanol–water partition coefficient (Wildman–Crippen LogP) is 4.43. The van der Waals surface area contributed by atoms with Gasteiger partial charge >= 0.3 is 0 Å². The molecule has 130 valence electrons. The summed E-state index contributed by atoms with van der Waals surface area (Å²) in [6.07, 6.45) is 0. The number of nitrogens with one attached hydrogen (secondary N) is 3. The number of carbonyl (C=O) groups is 1. The van der Waals surface area contributed by atoms with E-state index in [2.05, 4.69) is 16.0 Å². The molecule has 0 bridgehead atoms. The zero-order chi connectivity index (χ0) is 18.2. The van der Waals surface area contributed by atoms with Crippen molar-refractivity contribution in [2.45, 2.75) is 6.54 Å². The lowest BCUT2D eigenvalue weighted by atomic mass is 10.1. The lowest BCUT2D eigenvalue weighted by molar-refractivity contribution is 0.0951. The molecule has 0 aliphatic carbocycles. The number of hydrogen-bond donors (Lipinski definition) is 3. The second-order valence-corrected chi connectivity index (χ2v) is 6.10. The lowest BCUT2D eigenvalue weighted by Crippen LogP contribution is -2.23. The molecule has 3 rings (SSSR count). The van der Waals surface area contributed by atoms with Gasteiger partial charge in [-0.15, -0.1) is 0 Å². The Hall–Kier alpha value is -3.18. The fourth-order valence-electron chi connectivity index (χ4n) is 2.43. The van der Waals surface area contributed by atoms with E-state index in [4.69, 9.17) is 12.2 Å². The number of thiocarbonyl (C=S) groups is 1. The van der Waals surface area contributed by atoms with Crippen LogP contribution >= 0.6 is 12.2 Å². The van der Waals surface area contributed by atoms with Crippen molar-refractivity contribution in [3.05, 3.63) is 96.1 Å². The highest BCUT2D eigenvalue weighted by Gasteiger charge is 2.07. The molecular weight excluding hydrogens is 342 g/mol. The van der Waals surface area contributed by atoms with Gasteiger partial charge in [0, 0.05) is 23.5 Å². The van der Waals surface area contributed by atoms with Gasteiger partial charge < -0.3 is 16.0 Å². The molecule has 3 N–H and O–H groups in total. The lowest BCUT2D eigenvalue weighted by Gasteiger charge is -2.11. The summed E-state index contributed by atoms with van der Waals surface area (Å²) < 4.78 is 0. The highest BCUT2D eigenvalue weighted by atomic mass is 32.1. The number of benzene rings is 3. The molecule has 3 aromatic rings. The maximum absolute atomic E-state index is 12.4. The Morgan fingerprint density at radius 1 is 0.769 bits per heavy atom. The Labute approximate surface area is 158 Å². The van der Waals surface area contributed by atoms with Crippen LogP contribution < -0.4 is 16.0 Å². The fourth-order valence-corrected chi connectivity index (χ4v) is 2.67. The Balaban J connectivity index is 1.58. The van der Waals surface area contributed by atoms with E-state index >= 15 is 0 Å². The highest BCUT2D eigenvalue weighted by Crippen LogP contribution is 2.12. The van der Waals surface area contributed by atoms with Crippen LogP contribution in [0.2, 0.25) is 0 Å². The fraction of sp³-hybridized carbons (Fsp3) is 0.0476.